The van der Waals surface area contributed by atoms with Gasteiger partial charge in [-0.05, 0) is 18.6 Å². The highest BCUT2D eigenvalue weighted by Crippen LogP contribution is 2.18. The molecule has 1 aliphatic rings. The van der Waals surface area contributed by atoms with Crippen LogP contribution in [0.1, 0.15) is 23.7 Å². The minimum Gasteiger partial charge on any atom is -0.387 e. The van der Waals surface area contributed by atoms with E-state index in [0.29, 0.717) is 19.7 Å². The van der Waals surface area contributed by atoms with Gasteiger partial charge >= 0.3 is 0 Å². The molecule has 1 unspecified atom stereocenters. The predicted octanol–water partition coefficient (Wildman–Crippen LogP) is 1.98. The summed E-state index contributed by atoms with van der Waals surface area (Å²) in [6, 6.07) is 7.61. The Bertz CT molecular complexity index is 420. The van der Waals surface area contributed by atoms with E-state index in [4.69, 9.17) is 4.74 Å². The minimum absolute atomic E-state index is 0.0849. The number of hydrogen-bond donors (Lipinski definition) is 1. The van der Waals surface area contributed by atoms with E-state index >= 15 is 0 Å². The minimum atomic E-state index is 0.0849. The van der Waals surface area contributed by atoms with E-state index < -0.39 is 0 Å². The lowest BCUT2D eigenvalue weighted by molar-refractivity contribution is -0.0225. The van der Waals surface area contributed by atoms with Crippen molar-refractivity contribution in [1.29, 1.82) is 0 Å². The van der Waals surface area contributed by atoms with Gasteiger partial charge in [-0.1, -0.05) is 19.1 Å². The van der Waals surface area contributed by atoms with Crippen LogP contribution >= 0.6 is 0 Å². The number of benzene rings is 1. The van der Waals surface area contributed by atoms with Crippen LogP contribution in [0.2, 0.25) is 0 Å². The molecule has 1 N–H and O–H groups in total. The van der Waals surface area contributed by atoms with Crippen molar-refractivity contribution < 1.29 is 9.53 Å². The molecule has 4 heteroatoms. The first-order valence-corrected chi connectivity index (χ1v) is 6.44. The van der Waals surface area contributed by atoms with Crippen LogP contribution in [0.4, 0.5) is 5.69 Å². The predicted molar refractivity (Wildman–Crippen MR) is 71.9 cm³/mol. The summed E-state index contributed by atoms with van der Waals surface area (Å²) in [5, 5.41) is 3.06. The highest BCUT2D eigenvalue weighted by molar-refractivity contribution is 5.99. The third-order valence-electron chi connectivity index (χ3n) is 3.31. The molecule has 1 heterocycles. The Morgan fingerprint density at radius 1 is 1.50 bits per heavy atom. The molecular weight excluding hydrogens is 228 g/mol. The molecule has 0 saturated carbocycles. The second kappa shape index (κ2) is 5.87. The van der Waals surface area contributed by atoms with Crippen molar-refractivity contribution in [3.63, 3.8) is 0 Å². The van der Waals surface area contributed by atoms with Crippen LogP contribution in [0.3, 0.4) is 0 Å². The number of nitrogens with zero attached hydrogens (tertiary/aromatic N) is 1. The molecule has 0 spiro atoms. The van der Waals surface area contributed by atoms with E-state index in [9.17, 15) is 4.79 Å². The molecule has 1 aromatic carbocycles. The summed E-state index contributed by atoms with van der Waals surface area (Å²) < 4.78 is 5.59. The molecule has 1 fully saturated rings. The van der Waals surface area contributed by atoms with Gasteiger partial charge < -0.3 is 15.0 Å². The molecule has 18 heavy (non-hydrogen) atoms. The topological polar surface area (TPSA) is 41.6 Å². The number of nitrogens with one attached hydrogen (secondary N) is 1. The number of carbonyl (C=O) groups excluding carboxylic acids is 1. The quantitative estimate of drug-likeness (QED) is 0.889. The Labute approximate surface area is 108 Å². The van der Waals surface area contributed by atoms with Gasteiger partial charge in [0.05, 0.1) is 18.3 Å². The lowest BCUT2D eigenvalue weighted by Gasteiger charge is -2.32. The molecule has 2 rings (SSSR count). The third kappa shape index (κ3) is 2.64. The van der Waals surface area contributed by atoms with Crippen LogP contribution in [0.25, 0.3) is 0 Å². The Kier molecular flexibility index (Phi) is 4.20. The highest BCUT2D eigenvalue weighted by atomic mass is 16.5. The summed E-state index contributed by atoms with van der Waals surface area (Å²) in [6.45, 7) is 4.08. The summed E-state index contributed by atoms with van der Waals surface area (Å²) >= 11 is 0. The number of hydrogen-bond acceptors (Lipinski definition) is 3. The van der Waals surface area contributed by atoms with Crippen molar-refractivity contribution in [3.8, 4) is 0 Å². The number of morpholine rings is 1. The van der Waals surface area contributed by atoms with E-state index in [2.05, 4.69) is 12.2 Å². The molecule has 0 aromatic heterocycles. The van der Waals surface area contributed by atoms with Crippen LogP contribution in [0, 0.1) is 0 Å². The molecule has 1 aliphatic heterocycles. The van der Waals surface area contributed by atoms with Crippen LogP contribution in [0.15, 0.2) is 24.3 Å². The summed E-state index contributed by atoms with van der Waals surface area (Å²) in [7, 11) is 1.83. The Hall–Kier alpha value is -1.55. The Morgan fingerprint density at radius 2 is 2.28 bits per heavy atom. The maximum Gasteiger partial charge on any atom is 0.256 e. The second-order valence-corrected chi connectivity index (χ2v) is 4.45. The summed E-state index contributed by atoms with van der Waals surface area (Å²) in [4.78, 5) is 14.4. The van der Waals surface area contributed by atoms with Gasteiger partial charge in [-0.2, -0.15) is 0 Å². The van der Waals surface area contributed by atoms with Crippen molar-refractivity contribution in [2.75, 3.05) is 32.1 Å². The van der Waals surface area contributed by atoms with Crippen LogP contribution in [-0.2, 0) is 4.74 Å². The van der Waals surface area contributed by atoms with Crippen molar-refractivity contribution in [1.82, 2.24) is 4.90 Å². The SMILES string of the molecule is CCC1CN(C(=O)c2ccccc2NC)CCO1. The number of amides is 1. The fourth-order valence-corrected chi connectivity index (χ4v) is 2.21. The standard InChI is InChI=1S/C14H20N2O2/c1-3-11-10-16(8-9-18-11)14(17)12-6-4-5-7-13(12)15-2/h4-7,11,15H,3,8-10H2,1-2H3. The van der Waals surface area contributed by atoms with E-state index in [1.54, 1.807) is 0 Å². The van der Waals surface area contributed by atoms with Gasteiger partial charge in [0.15, 0.2) is 0 Å². The van der Waals surface area contributed by atoms with Crippen molar-refractivity contribution >= 4 is 11.6 Å². The number of para-hydroxylation sites is 1. The van der Waals surface area contributed by atoms with E-state index in [0.717, 1.165) is 17.7 Å². The first-order valence-electron chi connectivity index (χ1n) is 6.44. The van der Waals surface area contributed by atoms with E-state index in [-0.39, 0.29) is 12.0 Å². The van der Waals surface area contributed by atoms with Crippen molar-refractivity contribution in [2.24, 2.45) is 0 Å². The summed E-state index contributed by atoms with van der Waals surface area (Å²) in [6.07, 6.45) is 1.11. The van der Waals surface area contributed by atoms with Crippen molar-refractivity contribution in [2.45, 2.75) is 19.4 Å². The molecule has 1 amide bonds. The lowest BCUT2D eigenvalue weighted by Crippen LogP contribution is -2.45. The zero-order valence-corrected chi connectivity index (χ0v) is 11.0. The van der Waals surface area contributed by atoms with Crippen LogP contribution in [0.5, 0.6) is 0 Å². The fourth-order valence-electron chi connectivity index (χ4n) is 2.21. The molecule has 1 atom stereocenters. The normalized spacial score (nSPS) is 19.7. The lowest BCUT2D eigenvalue weighted by atomic mass is 10.1. The van der Waals surface area contributed by atoms with Gasteiger partial charge in [0, 0.05) is 25.8 Å². The number of ether oxygens (including phenoxy) is 1. The fraction of sp³-hybridized carbons (Fsp3) is 0.500. The smallest absolute Gasteiger partial charge is 0.256 e. The van der Waals surface area contributed by atoms with Gasteiger partial charge in [-0.25, -0.2) is 0 Å². The molecular formula is C14H20N2O2. The Morgan fingerprint density at radius 3 is 3.00 bits per heavy atom. The highest BCUT2D eigenvalue weighted by Gasteiger charge is 2.25. The zero-order valence-electron chi connectivity index (χ0n) is 11.0. The summed E-state index contributed by atoms with van der Waals surface area (Å²) in [5.41, 5.74) is 1.61. The Balaban J connectivity index is 2.15. The van der Waals surface area contributed by atoms with Gasteiger partial charge in [0.25, 0.3) is 5.91 Å². The van der Waals surface area contributed by atoms with Crippen LogP contribution in [-0.4, -0.2) is 43.7 Å². The molecule has 1 aromatic rings. The number of carbonyl (C=O) groups is 1. The van der Waals surface area contributed by atoms with E-state index in [1.165, 1.54) is 0 Å². The molecule has 98 valence electrons. The second-order valence-electron chi connectivity index (χ2n) is 4.45. The number of rotatable bonds is 3. The molecule has 0 radical (unpaired) electrons. The van der Waals surface area contributed by atoms with Gasteiger partial charge in [0.2, 0.25) is 0 Å². The number of anilines is 1. The maximum absolute atomic E-state index is 12.5. The molecule has 0 bridgehead atoms. The third-order valence-corrected chi connectivity index (χ3v) is 3.31. The largest absolute Gasteiger partial charge is 0.387 e. The molecule has 1 saturated heterocycles. The van der Waals surface area contributed by atoms with E-state index in [1.807, 2.05) is 36.2 Å². The average molecular weight is 248 g/mol. The van der Waals surface area contributed by atoms with Gasteiger partial charge in [0.1, 0.15) is 0 Å². The van der Waals surface area contributed by atoms with Crippen LogP contribution < -0.4 is 5.32 Å². The van der Waals surface area contributed by atoms with Crippen molar-refractivity contribution in [3.05, 3.63) is 29.8 Å². The first-order chi connectivity index (χ1) is 8.76. The summed E-state index contributed by atoms with van der Waals surface area (Å²) in [5.74, 6) is 0.0849. The zero-order chi connectivity index (χ0) is 13.0. The molecule has 4 nitrogen and oxygen atoms in total. The monoisotopic (exact) mass is 248 g/mol. The van der Waals surface area contributed by atoms with Gasteiger partial charge in [-0.3, -0.25) is 4.79 Å². The molecule has 0 aliphatic carbocycles. The average Bonchev–Trinajstić information content (AvgIpc) is 2.46. The maximum atomic E-state index is 12.5. The van der Waals surface area contributed by atoms with Gasteiger partial charge in [-0.15, -0.1) is 0 Å². The first kappa shape index (κ1) is 12.9.